The van der Waals surface area contributed by atoms with Crippen molar-refractivity contribution in [2.24, 2.45) is 11.8 Å². The first-order chi connectivity index (χ1) is 9.89. The fourth-order valence-electron chi connectivity index (χ4n) is 2.46. The highest BCUT2D eigenvalue weighted by Crippen LogP contribution is 2.28. The summed E-state index contributed by atoms with van der Waals surface area (Å²) in [4.78, 5) is 11.3. The predicted molar refractivity (Wildman–Crippen MR) is 74.4 cm³/mol. The van der Waals surface area contributed by atoms with Crippen molar-refractivity contribution in [2.75, 3.05) is 18.1 Å². The molecule has 1 fully saturated rings. The maximum absolute atomic E-state index is 13.4. The first-order valence-corrected chi connectivity index (χ1v) is 8.52. The highest BCUT2D eigenvalue weighted by Gasteiger charge is 2.34. The average molecular weight is 316 g/mol. The Kier molecular flexibility index (Phi) is 4.82. The molecule has 0 bridgehead atoms. The van der Waals surface area contributed by atoms with Crippen LogP contribution in [0.2, 0.25) is 0 Å². The Morgan fingerprint density at radius 3 is 2.52 bits per heavy atom. The molecule has 0 amide bonds. The zero-order valence-corrected chi connectivity index (χ0v) is 12.2. The summed E-state index contributed by atoms with van der Waals surface area (Å²) in [6, 6.07) is 5.78. The van der Waals surface area contributed by atoms with Gasteiger partial charge < -0.3 is 9.84 Å². The van der Waals surface area contributed by atoms with Gasteiger partial charge in [0.2, 0.25) is 0 Å². The molecule has 1 saturated heterocycles. The summed E-state index contributed by atoms with van der Waals surface area (Å²) in [5.74, 6) is -2.68. The van der Waals surface area contributed by atoms with E-state index in [1.807, 2.05) is 0 Å². The first-order valence-electron chi connectivity index (χ1n) is 6.69. The summed E-state index contributed by atoms with van der Waals surface area (Å²) in [6.45, 7) is -0.166. The van der Waals surface area contributed by atoms with Gasteiger partial charge in [0.25, 0.3) is 0 Å². The van der Waals surface area contributed by atoms with Gasteiger partial charge in [0.1, 0.15) is 16.4 Å². The first kappa shape index (κ1) is 15.8. The van der Waals surface area contributed by atoms with Crippen molar-refractivity contribution in [3.63, 3.8) is 0 Å². The largest absolute Gasteiger partial charge is 0.490 e. The van der Waals surface area contributed by atoms with Crippen molar-refractivity contribution in [1.29, 1.82) is 0 Å². The second kappa shape index (κ2) is 6.43. The minimum atomic E-state index is -3.04. The fraction of sp³-hybridized carbons (Fsp3) is 0.500. The lowest BCUT2D eigenvalue weighted by Crippen LogP contribution is -2.35. The molecule has 5 nitrogen and oxygen atoms in total. The molecule has 1 heterocycles. The number of carboxylic acid groups (broad SMARTS) is 1. The number of sulfone groups is 1. The molecule has 1 unspecified atom stereocenters. The summed E-state index contributed by atoms with van der Waals surface area (Å²) >= 11 is 0. The van der Waals surface area contributed by atoms with Crippen molar-refractivity contribution in [3.05, 3.63) is 30.1 Å². The minimum Gasteiger partial charge on any atom is -0.490 e. The van der Waals surface area contributed by atoms with Crippen LogP contribution < -0.4 is 4.74 Å². The molecule has 0 aliphatic carbocycles. The van der Waals surface area contributed by atoms with E-state index in [1.165, 1.54) is 18.2 Å². The monoisotopic (exact) mass is 316 g/mol. The van der Waals surface area contributed by atoms with Crippen LogP contribution in [-0.4, -0.2) is 37.6 Å². The van der Waals surface area contributed by atoms with E-state index < -0.39 is 27.5 Å². The molecule has 0 aromatic heterocycles. The van der Waals surface area contributed by atoms with Gasteiger partial charge in [0, 0.05) is 0 Å². The molecule has 21 heavy (non-hydrogen) atoms. The molecular formula is C14H17FO5S. The summed E-state index contributed by atoms with van der Waals surface area (Å²) in [7, 11) is -3.04. The van der Waals surface area contributed by atoms with Crippen LogP contribution in [0.15, 0.2) is 24.3 Å². The quantitative estimate of drug-likeness (QED) is 0.895. The summed E-state index contributed by atoms with van der Waals surface area (Å²) < 4.78 is 41.5. The van der Waals surface area contributed by atoms with Crippen LogP contribution in [0.5, 0.6) is 5.75 Å². The maximum Gasteiger partial charge on any atom is 0.310 e. The van der Waals surface area contributed by atoms with Crippen LogP contribution in [0.4, 0.5) is 4.39 Å². The number of aliphatic carboxylic acids is 1. The molecule has 0 radical (unpaired) electrons. The molecular weight excluding hydrogens is 299 g/mol. The molecule has 1 aliphatic heterocycles. The number of carboxylic acids is 1. The second-order valence-corrected chi connectivity index (χ2v) is 7.48. The fourth-order valence-corrected chi connectivity index (χ4v) is 3.99. The molecule has 1 aromatic carbocycles. The second-order valence-electron chi connectivity index (χ2n) is 5.18. The van der Waals surface area contributed by atoms with Crippen LogP contribution in [0.25, 0.3) is 0 Å². The molecule has 1 N–H and O–H groups in total. The van der Waals surface area contributed by atoms with Gasteiger partial charge in [-0.15, -0.1) is 0 Å². The van der Waals surface area contributed by atoms with E-state index in [4.69, 9.17) is 4.74 Å². The van der Waals surface area contributed by atoms with Crippen LogP contribution in [0.3, 0.4) is 0 Å². The van der Waals surface area contributed by atoms with E-state index in [9.17, 15) is 22.7 Å². The minimum absolute atomic E-state index is 0.00114. The van der Waals surface area contributed by atoms with Gasteiger partial charge in [-0.05, 0) is 30.9 Å². The number of rotatable bonds is 5. The van der Waals surface area contributed by atoms with Gasteiger partial charge in [-0.3, -0.25) is 4.79 Å². The SMILES string of the molecule is O=C(O)C(COc1ccccc1F)C1CCS(=O)(=O)CC1. The van der Waals surface area contributed by atoms with E-state index in [-0.39, 0.29) is 29.8 Å². The Balaban J connectivity index is 2.00. The van der Waals surface area contributed by atoms with E-state index >= 15 is 0 Å². The third kappa shape index (κ3) is 4.17. The lowest BCUT2D eigenvalue weighted by molar-refractivity contribution is -0.145. The van der Waals surface area contributed by atoms with E-state index in [0.717, 1.165) is 0 Å². The lowest BCUT2D eigenvalue weighted by Gasteiger charge is -2.27. The number of halogens is 1. The highest BCUT2D eigenvalue weighted by atomic mass is 32.2. The van der Waals surface area contributed by atoms with Gasteiger partial charge >= 0.3 is 5.97 Å². The zero-order chi connectivity index (χ0) is 15.5. The number of ether oxygens (including phenoxy) is 1. The summed E-state index contributed by atoms with van der Waals surface area (Å²) in [5, 5.41) is 9.28. The standard InChI is InChI=1S/C14H17FO5S/c15-12-3-1-2-4-13(12)20-9-11(14(16)17)10-5-7-21(18,19)8-6-10/h1-4,10-11H,5-9H2,(H,16,17). The van der Waals surface area contributed by atoms with E-state index in [0.29, 0.717) is 12.8 Å². The van der Waals surface area contributed by atoms with Crippen LogP contribution in [-0.2, 0) is 14.6 Å². The van der Waals surface area contributed by atoms with Crippen LogP contribution >= 0.6 is 0 Å². The number of carbonyl (C=O) groups is 1. The van der Waals surface area contributed by atoms with Gasteiger partial charge in [-0.2, -0.15) is 0 Å². The Bertz CT molecular complexity index is 600. The Hall–Kier alpha value is -1.63. The third-order valence-electron chi connectivity index (χ3n) is 3.74. The topological polar surface area (TPSA) is 80.7 Å². The maximum atomic E-state index is 13.4. The third-order valence-corrected chi connectivity index (χ3v) is 5.46. The van der Waals surface area contributed by atoms with Crippen molar-refractivity contribution < 1.29 is 27.4 Å². The van der Waals surface area contributed by atoms with Crippen molar-refractivity contribution >= 4 is 15.8 Å². The van der Waals surface area contributed by atoms with Crippen LogP contribution in [0, 0.1) is 17.7 Å². The molecule has 116 valence electrons. The van der Waals surface area contributed by atoms with Crippen molar-refractivity contribution in [1.82, 2.24) is 0 Å². The summed E-state index contributed by atoms with van der Waals surface area (Å²) in [5.41, 5.74) is 0. The number of hydrogen-bond acceptors (Lipinski definition) is 4. The van der Waals surface area contributed by atoms with Crippen LogP contribution in [0.1, 0.15) is 12.8 Å². The highest BCUT2D eigenvalue weighted by molar-refractivity contribution is 7.91. The number of hydrogen-bond donors (Lipinski definition) is 1. The molecule has 0 spiro atoms. The van der Waals surface area contributed by atoms with Gasteiger partial charge in [-0.25, -0.2) is 12.8 Å². The molecule has 7 heteroatoms. The molecule has 2 rings (SSSR count). The smallest absolute Gasteiger partial charge is 0.310 e. The van der Waals surface area contributed by atoms with Gasteiger partial charge in [0.05, 0.1) is 17.4 Å². The van der Waals surface area contributed by atoms with Gasteiger partial charge in [-0.1, -0.05) is 12.1 Å². The van der Waals surface area contributed by atoms with Crippen molar-refractivity contribution in [3.8, 4) is 5.75 Å². The average Bonchev–Trinajstić information content (AvgIpc) is 2.42. The lowest BCUT2D eigenvalue weighted by atomic mass is 9.88. The normalized spacial score (nSPS) is 19.9. The Labute approximate surface area is 122 Å². The Morgan fingerprint density at radius 1 is 1.33 bits per heavy atom. The van der Waals surface area contributed by atoms with Gasteiger partial charge in [0.15, 0.2) is 11.6 Å². The number of benzene rings is 1. The van der Waals surface area contributed by atoms with Crippen molar-refractivity contribution in [2.45, 2.75) is 12.8 Å². The Morgan fingerprint density at radius 2 is 1.95 bits per heavy atom. The predicted octanol–water partition coefficient (Wildman–Crippen LogP) is 1.73. The summed E-state index contributed by atoms with van der Waals surface area (Å²) in [6.07, 6.45) is 0.611. The zero-order valence-electron chi connectivity index (χ0n) is 11.4. The molecule has 1 aromatic rings. The molecule has 1 atom stereocenters. The number of para-hydroxylation sites is 1. The molecule has 1 aliphatic rings. The molecule has 0 saturated carbocycles. The van der Waals surface area contributed by atoms with E-state index in [1.54, 1.807) is 6.07 Å². The van der Waals surface area contributed by atoms with E-state index in [2.05, 4.69) is 0 Å².